The molecule has 8 nitrogen and oxygen atoms in total. The molecule has 2 amide bonds. The number of sulfone groups is 1. The highest BCUT2D eigenvalue weighted by molar-refractivity contribution is 7.91. The molecule has 0 bridgehead atoms. The van der Waals surface area contributed by atoms with Crippen LogP contribution < -0.4 is 0 Å². The van der Waals surface area contributed by atoms with Crippen molar-refractivity contribution < 1.29 is 27.5 Å². The van der Waals surface area contributed by atoms with E-state index in [4.69, 9.17) is 16.3 Å². The van der Waals surface area contributed by atoms with Crippen LogP contribution in [0, 0.1) is 11.8 Å². The highest BCUT2D eigenvalue weighted by Gasteiger charge is 2.36. The van der Waals surface area contributed by atoms with Gasteiger partial charge in [0.05, 0.1) is 17.4 Å². The van der Waals surface area contributed by atoms with Crippen molar-refractivity contribution in [1.29, 1.82) is 0 Å². The van der Waals surface area contributed by atoms with Crippen LogP contribution in [0.4, 0.5) is 0 Å². The topological polar surface area (TPSA) is 101 Å². The summed E-state index contributed by atoms with van der Waals surface area (Å²) in [6.07, 6.45) is 1.33. The van der Waals surface area contributed by atoms with Crippen LogP contribution in [0.2, 0.25) is 5.02 Å². The predicted octanol–water partition coefficient (Wildman–Crippen LogP) is 2.41. The van der Waals surface area contributed by atoms with Crippen molar-refractivity contribution in [3.05, 3.63) is 34.9 Å². The Hall–Kier alpha value is -2.13. The second-order valence-electron chi connectivity index (χ2n) is 9.18. The molecule has 0 radical (unpaired) electrons. The number of rotatable bonds is 7. The van der Waals surface area contributed by atoms with Gasteiger partial charge in [0.15, 0.2) is 16.4 Å². The van der Waals surface area contributed by atoms with E-state index in [-0.39, 0.29) is 41.2 Å². The fourth-order valence-corrected chi connectivity index (χ4v) is 6.15. The van der Waals surface area contributed by atoms with Crippen LogP contribution in [-0.4, -0.2) is 79.8 Å². The van der Waals surface area contributed by atoms with Crippen molar-refractivity contribution >= 4 is 39.2 Å². The van der Waals surface area contributed by atoms with E-state index in [1.165, 1.54) is 0 Å². The SMILES string of the molecule is CC(C)CN(C(=O)COC(=O)C1CCN(C(=O)c2ccc(Cl)cc2)CC1)[C@H]1CCS(=O)(=O)C1. The number of halogens is 1. The molecule has 0 aliphatic carbocycles. The molecule has 1 aromatic carbocycles. The van der Waals surface area contributed by atoms with Crippen molar-refractivity contribution in [2.24, 2.45) is 11.8 Å². The zero-order valence-electron chi connectivity index (χ0n) is 19.0. The molecule has 2 fully saturated rings. The summed E-state index contributed by atoms with van der Waals surface area (Å²) in [7, 11) is -3.13. The van der Waals surface area contributed by atoms with Crippen molar-refractivity contribution in [2.45, 2.75) is 39.2 Å². The monoisotopic (exact) mass is 498 g/mol. The van der Waals surface area contributed by atoms with Gasteiger partial charge in [0.25, 0.3) is 11.8 Å². The molecule has 0 saturated carbocycles. The Morgan fingerprint density at radius 1 is 1.12 bits per heavy atom. The van der Waals surface area contributed by atoms with Gasteiger partial charge in [0, 0.05) is 36.3 Å². The molecule has 0 spiro atoms. The van der Waals surface area contributed by atoms with E-state index in [0.29, 0.717) is 49.5 Å². The Balaban J connectivity index is 1.49. The van der Waals surface area contributed by atoms with Gasteiger partial charge in [0.2, 0.25) is 0 Å². The largest absolute Gasteiger partial charge is 0.455 e. The summed E-state index contributed by atoms with van der Waals surface area (Å²) in [4.78, 5) is 41.2. The molecule has 33 heavy (non-hydrogen) atoms. The lowest BCUT2D eigenvalue weighted by Crippen LogP contribution is -2.46. The number of nitrogens with zero attached hydrogens (tertiary/aromatic N) is 2. The third kappa shape index (κ3) is 6.93. The van der Waals surface area contributed by atoms with E-state index in [1.54, 1.807) is 34.1 Å². The minimum atomic E-state index is -3.13. The molecule has 10 heteroatoms. The van der Waals surface area contributed by atoms with Crippen molar-refractivity contribution in [1.82, 2.24) is 9.80 Å². The zero-order valence-corrected chi connectivity index (χ0v) is 20.6. The quantitative estimate of drug-likeness (QED) is 0.535. The van der Waals surface area contributed by atoms with E-state index < -0.39 is 22.4 Å². The van der Waals surface area contributed by atoms with Crippen LogP contribution in [0.3, 0.4) is 0 Å². The van der Waals surface area contributed by atoms with E-state index in [1.807, 2.05) is 13.8 Å². The van der Waals surface area contributed by atoms with Crippen LogP contribution in [0.5, 0.6) is 0 Å². The third-order valence-corrected chi connectivity index (χ3v) is 8.08. The molecule has 2 heterocycles. The maximum absolute atomic E-state index is 12.8. The smallest absolute Gasteiger partial charge is 0.309 e. The molecule has 1 atom stereocenters. The standard InChI is InChI=1S/C23H31ClN2O6S/c1-16(2)13-26(20-9-12-33(30,31)15-20)21(27)14-32-23(29)18-7-10-25(11-8-18)22(28)17-3-5-19(24)6-4-17/h3-6,16,18,20H,7-15H2,1-2H3/t20-/m0/s1. The van der Waals surface area contributed by atoms with Crippen molar-refractivity contribution in [3.8, 4) is 0 Å². The maximum Gasteiger partial charge on any atom is 0.309 e. The average molecular weight is 499 g/mol. The number of amides is 2. The first kappa shape index (κ1) is 25.5. The fraction of sp³-hybridized carbons (Fsp3) is 0.609. The van der Waals surface area contributed by atoms with E-state index in [9.17, 15) is 22.8 Å². The van der Waals surface area contributed by atoms with Crippen LogP contribution in [0.1, 0.15) is 43.5 Å². The minimum Gasteiger partial charge on any atom is -0.455 e. The van der Waals surface area contributed by atoms with Gasteiger partial charge in [-0.1, -0.05) is 25.4 Å². The molecular formula is C23H31ClN2O6S. The summed E-state index contributed by atoms with van der Waals surface area (Å²) in [5, 5.41) is 0.559. The van der Waals surface area contributed by atoms with Gasteiger partial charge in [0.1, 0.15) is 0 Å². The minimum absolute atomic E-state index is 0.0421. The van der Waals surface area contributed by atoms with E-state index in [2.05, 4.69) is 0 Å². The first-order valence-electron chi connectivity index (χ1n) is 11.3. The van der Waals surface area contributed by atoms with Gasteiger partial charge in [-0.25, -0.2) is 8.42 Å². The number of hydrogen-bond acceptors (Lipinski definition) is 6. The lowest BCUT2D eigenvalue weighted by Gasteiger charge is -2.32. The molecular weight excluding hydrogens is 468 g/mol. The molecule has 3 rings (SSSR count). The van der Waals surface area contributed by atoms with Gasteiger partial charge >= 0.3 is 5.97 Å². The number of hydrogen-bond donors (Lipinski definition) is 0. The second-order valence-corrected chi connectivity index (χ2v) is 11.8. The molecule has 0 unspecified atom stereocenters. The molecule has 0 N–H and O–H groups in total. The number of esters is 1. The molecule has 2 saturated heterocycles. The van der Waals surface area contributed by atoms with E-state index in [0.717, 1.165) is 0 Å². The van der Waals surface area contributed by atoms with Gasteiger partial charge in [-0.2, -0.15) is 0 Å². The normalized spacial score (nSPS) is 20.6. The highest BCUT2D eigenvalue weighted by Crippen LogP contribution is 2.22. The molecule has 2 aliphatic rings. The lowest BCUT2D eigenvalue weighted by atomic mass is 9.96. The Morgan fingerprint density at radius 2 is 1.76 bits per heavy atom. The second kappa shape index (κ2) is 10.9. The number of piperidine rings is 1. The number of ether oxygens (including phenoxy) is 1. The van der Waals surface area contributed by atoms with Crippen LogP contribution >= 0.6 is 11.6 Å². The highest BCUT2D eigenvalue weighted by atomic mass is 35.5. The summed E-state index contributed by atoms with van der Waals surface area (Å²) < 4.78 is 29.0. The molecule has 1 aromatic rings. The van der Waals surface area contributed by atoms with Crippen molar-refractivity contribution in [2.75, 3.05) is 37.7 Å². The Morgan fingerprint density at radius 3 is 2.30 bits per heavy atom. The summed E-state index contributed by atoms with van der Waals surface area (Å²) in [6.45, 7) is 4.78. The van der Waals surface area contributed by atoms with Gasteiger partial charge in [-0.3, -0.25) is 14.4 Å². The summed E-state index contributed by atoms with van der Waals surface area (Å²) in [6, 6.07) is 6.31. The average Bonchev–Trinajstić information content (AvgIpc) is 3.15. The van der Waals surface area contributed by atoms with Crippen LogP contribution in [0.25, 0.3) is 0 Å². The predicted molar refractivity (Wildman–Crippen MR) is 125 cm³/mol. The Labute approximate surface area is 200 Å². The first-order valence-corrected chi connectivity index (χ1v) is 13.5. The van der Waals surface area contributed by atoms with Crippen LogP contribution in [-0.2, 0) is 24.2 Å². The van der Waals surface area contributed by atoms with Gasteiger partial charge < -0.3 is 14.5 Å². The number of carbonyl (C=O) groups is 3. The molecule has 182 valence electrons. The molecule has 0 aromatic heterocycles. The van der Waals surface area contributed by atoms with Gasteiger partial charge in [-0.05, 0) is 49.4 Å². The summed E-state index contributed by atoms with van der Waals surface area (Å²) in [5.41, 5.74) is 0.546. The lowest BCUT2D eigenvalue weighted by molar-refractivity contribution is -0.157. The number of likely N-dealkylation sites (tertiary alicyclic amines) is 1. The summed E-state index contributed by atoms with van der Waals surface area (Å²) >= 11 is 5.87. The maximum atomic E-state index is 12.8. The number of benzene rings is 1. The number of carbonyl (C=O) groups excluding carboxylic acids is 3. The zero-order chi connectivity index (χ0) is 24.2. The van der Waals surface area contributed by atoms with Crippen LogP contribution in [0.15, 0.2) is 24.3 Å². The van der Waals surface area contributed by atoms with Gasteiger partial charge in [-0.15, -0.1) is 0 Å². The third-order valence-electron chi connectivity index (χ3n) is 6.08. The Kier molecular flexibility index (Phi) is 8.39. The molecule has 2 aliphatic heterocycles. The summed E-state index contributed by atoms with van der Waals surface area (Å²) in [5.74, 6) is -1.11. The first-order chi connectivity index (χ1) is 15.6. The van der Waals surface area contributed by atoms with E-state index >= 15 is 0 Å². The fourth-order valence-electron chi connectivity index (χ4n) is 4.30. The van der Waals surface area contributed by atoms with Crippen molar-refractivity contribution in [3.63, 3.8) is 0 Å². The Bertz CT molecular complexity index is 971.